The van der Waals surface area contributed by atoms with Gasteiger partial charge in [-0.05, 0) is 47.7 Å². The van der Waals surface area contributed by atoms with Crippen LogP contribution < -0.4 is 5.32 Å². The highest BCUT2D eigenvalue weighted by Gasteiger charge is 2.31. The molecule has 1 aliphatic heterocycles. The minimum Gasteiger partial charge on any atom is -0.379 e. The molecule has 0 aromatic carbocycles. The Kier molecular flexibility index (Phi) is 3.92. The van der Waals surface area contributed by atoms with Gasteiger partial charge in [-0.3, -0.25) is 4.79 Å². The maximum atomic E-state index is 12.5. The minimum absolute atomic E-state index is 0.0202. The monoisotopic (exact) mass is 317 g/mol. The minimum atomic E-state index is -0.161. The fourth-order valence-electron chi connectivity index (χ4n) is 2.73. The highest BCUT2D eigenvalue weighted by molar-refractivity contribution is 5.95. The van der Waals surface area contributed by atoms with Crippen molar-refractivity contribution < 1.29 is 14.3 Å². The molecular weight excluding hydrogens is 298 g/mol. The molecule has 1 N–H and O–H groups in total. The van der Waals surface area contributed by atoms with E-state index in [9.17, 15) is 4.79 Å². The fourth-order valence-corrected chi connectivity index (χ4v) is 2.73. The third-order valence-electron chi connectivity index (χ3n) is 4.31. The number of nitrogens with one attached hydrogen (secondary N) is 1. The molecule has 0 spiro atoms. The number of carbonyl (C=O) groups excluding carboxylic acids is 1. The van der Waals surface area contributed by atoms with Gasteiger partial charge in [0.15, 0.2) is 5.65 Å². The summed E-state index contributed by atoms with van der Waals surface area (Å²) in [7, 11) is 0. The van der Waals surface area contributed by atoms with Crippen LogP contribution in [-0.2, 0) is 9.47 Å². The molecule has 8 nitrogen and oxygen atoms in total. The van der Waals surface area contributed by atoms with Gasteiger partial charge in [-0.15, -0.1) is 5.10 Å². The molecule has 2 aromatic rings. The van der Waals surface area contributed by atoms with E-state index in [4.69, 9.17) is 9.47 Å². The molecule has 0 unspecified atom stereocenters. The Labute approximate surface area is 133 Å². The van der Waals surface area contributed by atoms with E-state index >= 15 is 0 Å². The van der Waals surface area contributed by atoms with Crippen LogP contribution in [0.5, 0.6) is 0 Å². The van der Waals surface area contributed by atoms with Crippen molar-refractivity contribution in [2.45, 2.75) is 31.4 Å². The van der Waals surface area contributed by atoms with Crippen LogP contribution in [0.3, 0.4) is 0 Å². The highest BCUT2D eigenvalue weighted by Crippen LogP contribution is 2.30. The molecule has 1 saturated carbocycles. The van der Waals surface area contributed by atoms with E-state index in [2.05, 4.69) is 20.8 Å². The van der Waals surface area contributed by atoms with Crippen LogP contribution in [0.4, 0.5) is 0 Å². The second kappa shape index (κ2) is 6.21. The van der Waals surface area contributed by atoms with Crippen LogP contribution in [0, 0.1) is 5.92 Å². The van der Waals surface area contributed by atoms with Crippen molar-refractivity contribution in [2.24, 2.45) is 5.92 Å². The summed E-state index contributed by atoms with van der Waals surface area (Å²) in [6.45, 7) is 1.95. The first kappa shape index (κ1) is 14.5. The van der Waals surface area contributed by atoms with E-state index in [1.54, 1.807) is 18.3 Å². The summed E-state index contributed by atoms with van der Waals surface area (Å²) < 4.78 is 13.0. The van der Waals surface area contributed by atoms with Gasteiger partial charge in [-0.1, -0.05) is 0 Å². The van der Waals surface area contributed by atoms with Crippen molar-refractivity contribution >= 4 is 11.6 Å². The number of ether oxygens (including phenoxy) is 2. The summed E-state index contributed by atoms with van der Waals surface area (Å²) in [5, 5.41) is 14.2. The Balaban J connectivity index is 1.42. The standard InChI is InChI=1S/C15H19N5O3/c21-15(11-3-5-20-14(7-11)17-18-19-20)16-12-9-22-6-4-13(12)23-8-10-1-2-10/h3,5,7,10,12-13H,1-2,4,6,8-9H2,(H,16,21)/t12-,13+/m1/s1. The lowest BCUT2D eigenvalue weighted by Gasteiger charge is -2.32. The smallest absolute Gasteiger partial charge is 0.251 e. The number of rotatable bonds is 5. The van der Waals surface area contributed by atoms with Crippen molar-refractivity contribution in [3.05, 3.63) is 23.9 Å². The average molecular weight is 317 g/mol. The molecule has 0 bridgehead atoms. The highest BCUT2D eigenvalue weighted by atomic mass is 16.5. The lowest BCUT2D eigenvalue weighted by Crippen LogP contribution is -2.50. The molecule has 4 rings (SSSR count). The van der Waals surface area contributed by atoms with Gasteiger partial charge in [0, 0.05) is 25.0 Å². The quantitative estimate of drug-likeness (QED) is 0.860. The van der Waals surface area contributed by atoms with Crippen molar-refractivity contribution in [3.63, 3.8) is 0 Å². The van der Waals surface area contributed by atoms with Crippen LogP contribution >= 0.6 is 0 Å². The van der Waals surface area contributed by atoms with Crippen LogP contribution in [0.15, 0.2) is 18.3 Å². The van der Waals surface area contributed by atoms with Gasteiger partial charge >= 0.3 is 0 Å². The number of fused-ring (bicyclic) bond motifs is 1. The molecular formula is C15H19N5O3. The normalized spacial score (nSPS) is 24.7. The van der Waals surface area contributed by atoms with E-state index in [1.165, 1.54) is 17.4 Å². The molecule has 2 atom stereocenters. The zero-order chi connectivity index (χ0) is 15.6. The Bertz CT molecular complexity index is 699. The second-order valence-corrected chi connectivity index (χ2v) is 6.16. The molecule has 2 fully saturated rings. The van der Waals surface area contributed by atoms with Crippen LogP contribution in [0.1, 0.15) is 29.6 Å². The van der Waals surface area contributed by atoms with Gasteiger partial charge < -0.3 is 14.8 Å². The summed E-state index contributed by atoms with van der Waals surface area (Å²) in [6.07, 6.45) is 5.01. The average Bonchev–Trinajstić information content (AvgIpc) is 3.28. The first-order chi connectivity index (χ1) is 11.3. The van der Waals surface area contributed by atoms with Crippen molar-refractivity contribution in [1.82, 2.24) is 25.4 Å². The maximum Gasteiger partial charge on any atom is 0.251 e. The molecule has 1 aliphatic carbocycles. The summed E-state index contributed by atoms with van der Waals surface area (Å²) in [5.74, 6) is 0.545. The molecule has 1 amide bonds. The number of hydrogen-bond acceptors (Lipinski definition) is 6. The summed E-state index contributed by atoms with van der Waals surface area (Å²) >= 11 is 0. The maximum absolute atomic E-state index is 12.5. The fraction of sp³-hybridized carbons (Fsp3) is 0.600. The first-order valence-electron chi connectivity index (χ1n) is 7.97. The van der Waals surface area contributed by atoms with Crippen LogP contribution in [-0.4, -0.2) is 57.9 Å². The number of aromatic nitrogens is 4. The zero-order valence-electron chi connectivity index (χ0n) is 12.7. The summed E-state index contributed by atoms with van der Waals surface area (Å²) in [6, 6.07) is 3.24. The second-order valence-electron chi connectivity index (χ2n) is 6.16. The zero-order valence-corrected chi connectivity index (χ0v) is 12.7. The molecule has 2 aromatic heterocycles. The summed E-state index contributed by atoms with van der Waals surface area (Å²) in [4.78, 5) is 12.5. The molecule has 1 saturated heterocycles. The number of pyridine rings is 1. The topological polar surface area (TPSA) is 90.6 Å². The lowest BCUT2D eigenvalue weighted by atomic mass is 10.1. The summed E-state index contributed by atoms with van der Waals surface area (Å²) in [5.41, 5.74) is 1.07. The lowest BCUT2D eigenvalue weighted by molar-refractivity contribution is -0.0567. The van der Waals surface area contributed by atoms with Crippen molar-refractivity contribution in [1.29, 1.82) is 0 Å². The Hall–Kier alpha value is -2.06. The SMILES string of the molecule is O=C(N[C@@H]1COCC[C@@H]1OCC1CC1)c1ccn2nnnc2c1. The third kappa shape index (κ3) is 3.32. The number of nitrogens with zero attached hydrogens (tertiary/aromatic N) is 4. The number of tetrazole rings is 1. The van der Waals surface area contributed by atoms with E-state index in [-0.39, 0.29) is 18.1 Å². The van der Waals surface area contributed by atoms with Crippen LogP contribution in [0.2, 0.25) is 0 Å². The van der Waals surface area contributed by atoms with Crippen molar-refractivity contribution in [2.75, 3.05) is 19.8 Å². The van der Waals surface area contributed by atoms with E-state index < -0.39 is 0 Å². The van der Waals surface area contributed by atoms with Gasteiger partial charge in [-0.25, -0.2) is 4.52 Å². The van der Waals surface area contributed by atoms with Gasteiger partial charge in [0.1, 0.15) is 0 Å². The number of carbonyl (C=O) groups is 1. The largest absolute Gasteiger partial charge is 0.379 e. The van der Waals surface area contributed by atoms with E-state index in [0.29, 0.717) is 30.3 Å². The van der Waals surface area contributed by atoms with E-state index in [0.717, 1.165) is 13.0 Å². The molecule has 23 heavy (non-hydrogen) atoms. The first-order valence-corrected chi connectivity index (χ1v) is 7.97. The number of amides is 1. The molecule has 2 aliphatic rings. The van der Waals surface area contributed by atoms with Gasteiger partial charge in [-0.2, -0.15) is 0 Å². The van der Waals surface area contributed by atoms with Gasteiger partial charge in [0.25, 0.3) is 5.91 Å². The van der Waals surface area contributed by atoms with Crippen molar-refractivity contribution in [3.8, 4) is 0 Å². The van der Waals surface area contributed by atoms with Crippen LogP contribution in [0.25, 0.3) is 5.65 Å². The predicted molar refractivity (Wildman–Crippen MR) is 79.9 cm³/mol. The Morgan fingerprint density at radius 2 is 2.35 bits per heavy atom. The Morgan fingerprint density at radius 1 is 1.43 bits per heavy atom. The van der Waals surface area contributed by atoms with Gasteiger partial charge in [0.05, 0.1) is 18.8 Å². The molecule has 122 valence electrons. The molecule has 0 radical (unpaired) electrons. The molecule has 8 heteroatoms. The van der Waals surface area contributed by atoms with E-state index in [1.807, 2.05) is 0 Å². The Morgan fingerprint density at radius 3 is 3.22 bits per heavy atom. The van der Waals surface area contributed by atoms with Gasteiger partial charge in [0.2, 0.25) is 0 Å². The number of hydrogen-bond donors (Lipinski definition) is 1. The molecule has 3 heterocycles. The third-order valence-corrected chi connectivity index (χ3v) is 4.31. The predicted octanol–water partition coefficient (Wildman–Crippen LogP) is 0.438.